The summed E-state index contributed by atoms with van der Waals surface area (Å²) in [5.41, 5.74) is 4.09. The Bertz CT molecular complexity index is 1090. The number of hydrogen-bond acceptors (Lipinski definition) is 4. The Kier molecular flexibility index (Phi) is 8.87. The minimum absolute atomic E-state index is 0.0302. The van der Waals surface area contributed by atoms with Crippen molar-refractivity contribution in [2.75, 3.05) is 33.2 Å². The molecule has 1 saturated heterocycles. The molecular weight excluding hydrogens is 491 g/mol. The molecule has 4 aliphatic rings. The number of rotatable bonds is 9. The molecule has 2 aliphatic heterocycles. The van der Waals surface area contributed by atoms with Gasteiger partial charge in [-0.2, -0.15) is 0 Å². The van der Waals surface area contributed by atoms with Gasteiger partial charge in [0, 0.05) is 18.5 Å². The molecule has 1 unspecified atom stereocenters. The van der Waals surface area contributed by atoms with Gasteiger partial charge in [0.15, 0.2) is 12.3 Å². The predicted molar refractivity (Wildman–Crippen MR) is 154 cm³/mol. The van der Waals surface area contributed by atoms with E-state index in [4.69, 9.17) is 5.10 Å². The number of nitrogens with zero attached hydrogens (tertiary/aromatic N) is 4. The summed E-state index contributed by atoms with van der Waals surface area (Å²) in [5.74, 6) is 0.921. The summed E-state index contributed by atoms with van der Waals surface area (Å²) in [7, 11) is 1.97. The van der Waals surface area contributed by atoms with Crippen LogP contribution in [0.3, 0.4) is 0 Å². The van der Waals surface area contributed by atoms with Gasteiger partial charge >= 0.3 is 5.97 Å². The number of halogens is 1. The van der Waals surface area contributed by atoms with E-state index in [2.05, 4.69) is 27.5 Å². The van der Waals surface area contributed by atoms with E-state index in [9.17, 15) is 14.3 Å². The molecule has 0 aromatic heterocycles. The molecule has 2 heterocycles. The number of hydrazone groups is 1. The van der Waals surface area contributed by atoms with Crippen LogP contribution in [0.5, 0.6) is 0 Å². The fraction of sp³-hybridized carbons (Fsp3) is 0.719. The van der Waals surface area contributed by atoms with Gasteiger partial charge in [0.05, 0.1) is 11.6 Å². The molecule has 5 atom stereocenters. The summed E-state index contributed by atoms with van der Waals surface area (Å²) in [6.45, 7) is 10.3. The molecule has 214 valence electrons. The molecule has 6 nitrogen and oxygen atoms in total. The van der Waals surface area contributed by atoms with Crippen molar-refractivity contribution in [3.05, 3.63) is 35.6 Å². The minimum Gasteiger partial charge on any atom is -0.480 e. The topological polar surface area (TPSA) is 59.2 Å². The Morgan fingerprint density at radius 3 is 2.64 bits per heavy atom. The number of likely N-dealkylation sites (N-methyl/N-ethyl adjacent to an activating group) is 1. The third-order valence-electron chi connectivity index (χ3n) is 10.1. The van der Waals surface area contributed by atoms with E-state index in [0.29, 0.717) is 17.8 Å². The molecule has 39 heavy (non-hydrogen) atoms. The highest BCUT2D eigenvalue weighted by molar-refractivity contribution is 6.08. The summed E-state index contributed by atoms with van der Waals surface area (Å²) in [6, 6.07) is 6.76. The number of carboxylic acids is 1. The van der Waals surface area contributed by atoms with Crippen LogP contribution in [-0.4, -0.2) is 82.3 Å². The maximum absolute atomic E-state index is 14.3. The smallest absolute Gasteiger partial charge is 0.321 e. The van der Waals surface area contributed by atoms with Crippen LogP contribution in [0.25, 0.3) is 0 Å². The van der Waals surface area contributed by atoms with Crippen LogP contribution in [0.15, 0.2) is 29.4 Å². The third-order valence-corrected chi connectivity index (χ3v) is 10.1. The number of carbonyl (C=O) groups is 1. The van der Waals surface area contributed by atoms with Crippen LogP contribution < -0.4 is 0 Å². The zero-order valence-electron chi connectivity index (χ0n) is 24.4. The van der Waals surface area contributed by atoms with Gasteiger partial charge < -0.3 is 10.0 Å². The first kappa shape index (κ1) is 28.4. The quantitative estimate of drug-likeness (QED) is 0.423. The number of fused-ring (bicyclic) bond motifs is 1. The molecular formula is C32H48FN4O2+. The number of aliphatic carboxylic acids is 1. The fourth-order valence-electron chi connectivity index (χ4n) is 8.25. The minimum atomic E-state index is -0.754. The lowest BCUT2D eigenvalue weighted by atomic mass is 9.77. The Hall–Kier alpha value is -2.12. The van der Waals surface area contributed by atoms with E-state index in [0.717, 1.165) is 44.6 Å². The highest BCUT2D eigenvalue weighted by Gasteiger charge is 2.45. The van der Waals surface area contributed by atoms with Gasteiger partial charge in [0.1, 0.15) is 11.9 Å². The van der Waals surface area contributed by atoms with Crippen LogP contribution in [0, 0.1) is 29.5 Å². The van der Waals surface area contributed by atoms with Crippen LogP contribution in [0.4, 0.5) is 4.39 Å². The second kappa shape index (κ2) is 12.2. The molecule has 2 aliphatic carbocycles. The van der Waals surface area contributed by atoms with Gasteiger partial charge in [0.2, 0.25) is 0 Å². The summed E-state index contributed by atoms with van der Waals surface area (Å²) < 4.78 is 16.6. The number of hydrogen-bond donors (Lipinski definition) is 1. The summed E-state index contributed by atoms with van der Waals surface area (Å²) in [4.78, 5) is 16.8. The first-order chi connectivity index (χ1) is 18.8. The molecule has 1 aromatic carbocycles. The molecule has 0 bridgehead atoms. The summed E-state index contributed by atoms with van der Waals surface area (Å²) in [5, 5.41) is 15.0. The maximum Gasteiger partial charge on any atom is 0.321 e. The van der Waals surface area contributed by atoms with Crippen molar-refractivity contribution in [1.82, 2.24) is 9.80 Å². The van der Waals surface area contributed by atoms with Crippen molar-refractivity contribution >= 4 is 17.4 Å². The highest BCUT2D eigenvalue weighted by Crippen LogP contribution is 2.43. The second-order valence-corrected chi connectivity index (χ2v) is 12.8. The Balaban J connectivity index is 1.27. The standard InChI is InChI=1S/C32H47FN4O2/c1-5-37-31(27-11-6-7-12-29(27)34-37)22-13-15-36(16-14-22)20-24-18-26(35(4)30(21(2)3)32(38)39)19-28(24)23-9-8-10-25(33)17-23/h8-10,17,21-22,24,26-28,30H,5-7,11-16,18-20H2,1-4H3/p+1/t24-,26+,27?,28-,30-/m1/s1. The zero-order chi connectivity index (χ0) is 27.7. The molecule has 0 spiro atoms. The number of likely N-dealkylation sites (tertiary alicyclic amines) is 1. The van der Waals surface area contributed by atoms with Gasteiger partial charge in [-0.05, 0) is 113 Å². The van der Waals surface area contributed by atoms with Crippen molar-refractivity contribution in [2.24, 2.45) is 28.8 Å². The highest BCUT2D eigenvalue weighted by atomic mass is 19.1. The average Bonchev–Trinajstić information content (AvgIpc) is 3.50. The molecule has 7 heteroatoms. The van der Waals surface area contributed by atoms with Crippen molar-refractivity contribution in [3.8, 4) is 0 Å². The van der Waals surface area contributed by atoms with Crippen LogP contribution in [-0.2, 0) is 4.79 Å². The largest absolute Gasteiger partial charge is 0.480 e. The monoisotopic (exact) mass is 539 g/mol. The maximum atomic E-state index is 14.3. The van der Waals surface area contributed by atoms with Gasteiger partial charge in [0.25, 0.3) is 0 Å². The van der Waals surface area contributed by atoms with E-state index >= 15 is 0 Å². The zero-order valence-corrected chi connectivity index (χ0v) is 24.4. The summed E-state index contributed by atoms with van der Waals surface area (Å²) >= 11 is 0. The lowest BCUT2D eigenvalue weighted by Crippen LogP contribution is -2.47. The first-order valence-electron chi connectivity index (χ1n) is 15.4. The molecule has 0 radical (unpaired) electrons. The van der Waals surface area contributed by atoms with Crippen molar-refractivity contribution < 1.29 is 19.0 Å². The molecule has 3 fully saturated rings. The van der Waals surface area contributed by atoms with E-state index in [-0.39, 0.29) is 23.7 Å². The Morgan fingerprint density at radius 1 is 1.21 bits per heavy atom. The third kappa shape index (κ3) is 6.00. The van der Waals surface area contributed by atoms with Gasteiger partial charge in [-0.25, -0.2) is 4.39 Å². The van der Waals surface area contributed by atoms with Crippen molar-refractivity contribution in [1.29, 1.82) is 0 Å². The SMILES string of the molecule is CC[N+]1=C(C2CCN(C[C@H]3C[C@H](N(C)[C@@H](C(=O)O)C(C)C)C[C@@H]3c3cccc(F)c3)CC2)C2CCCCC2=N1. The van der Waals surface area contributed by atoms with Gasteiger partial charge in [-0.1, -0.05) is 37.1 Å². The number of piperidine rings is 1. The van der Waals surface area contributed by atoms with Gasteiger partial charge in [-0.3, -0.25) is 9.69 Å². The van der Waals surface area contributed by atoms with E-state index < -0.39 is 12.0 Å². The molecule has 0 amide bonds. The Morgan fingerprint density at radius 2 is 1.97 bits per heavy atom. The average molecular weight is 540 g/mol. The molecule has 1 aromatic rings. The second-order valence-electron chi connectivity index (χ2n) is 12.8. The molecule has 1 N–H and O–H groups in total. The fourth-order valence-corrected chi connectivity index (χ4v) is 8.25. The van der Waals surface area contributed by atoms with Crippen LogP contribution >= 0.6 is 0 Å². The predicted octanol–water partition coefficient (Wildman–Crippen LogP) is 5.47. The molecule has 2 saturated carbocycles. The lowest BCUT2D eigenvalue weighted by Gasteiger charge is -2.35. The van der Waals surface area contributed by atoms with Crippen LogP contribution in [0.1, 0.15) is 83.6 Å². The van der Waals surface area contributed by atoms with Gasteiger partial charge in [-0.15, -0.1) is 0 Å². The lowest BCUT2D eigenvalue weighted by molar-refractivity contribution is -0.529. The summed E-state index contributed by atoms with van der Waals surface area (Å²) in [6.07, 6.45) is 9.24. The van der Waals surface area contributed by atoms with Crippen molar-refractivity contribution in [3.63, 3.8) is 0 Å². The first-order valence-corrected chi connectivity index (χ1v) is 15.4. The Labute approximate surface area is 234 Å². The normalized spacial score (nSPS) is 29.3. The number of carboxylic acid groups (broad SMARTS) is 1. The van der Waals surface area contributed by atoms with Crippen molar-refractivity contribution in [2.45, 2.75) is 90.1 Å². The van der Waals surface area contributed by atoms with E-state index in [1.165, 1.54) is 50.3 Å². The van der Waals surface area contributed by atoms with E-state index in [1.54, 1.807) is 11.8 Å². The van der Waals surface area contributed by atoms with Crippen LogP contribution in [0.2, 0.25) is 0 Å². The van der Waals surface area contributed by atoms with E-state index in [1.807, 2.05) is 27.0 Å². The number of benzene rings is 1. The molecule has 5 rings (SSSR count).